The minimum absolute atomic E-state index is 0.0313. The Morgan fingerprint density at radius 2 is 2.26 bits per heavy atom. The molecule has 3 rings (SSSR count). The van der Waals surface area contributed by atoms with Crippen molar-refractivity contribution >= 4 is 23.0 Å². The molecule has 1 aromatic carbocycles. The van der Waals surface area contributed by atoms with E-state index in [9.17, 15) is 9.59 Å². The summed E-state index contributed by atoms with van der Waals surface area (Å²) >= 11 is 0. The zero-order chi connectivity index (χ0) is 19.4. The highest BCUT2D eigenvalue weighted by Crippen LogP contribution is 2.26. The van der Waals surface area contributed by atoms with Gasteiger partial charge in [0.1, 0.15) is 18.9 Å². The van der Waals surface area contributed by atoms with Gasteiger partial charge < -0.3 is 24.7 Å². The first-order valence-corrected chi connectivity index (χ1v) is 8.97. The second-order valence-corrected chi connectivity index (χ2v) is 6.94. The van der Waals surface area contributed by atoms with Crippen molar-refractivity contribution in [2.24, 2.45) is 0 Å². The van der Waals surface area contributed by atoms with Crippen LogP contribution in [0.2, 0.25) is 0 Å². The zero-order valence-corrected chi connectivity index (χ0v) is 15.7. The van der Waals surface area contributed by atoms with E-state index in [2.05, 4.69) is 27.8 Å². The van der Waals surface area contributed by atoms with E-state index in [1.54, 1.807) is 6.08 Å². The van der Waals surface area contributed by atoms with Gasteiger partial charge in [-0.25, -0.2) is 9.59 Å². The number of fused-ring (bicyclic) bond motifs is 1. The first-order valence-electron chi connectivity index (χ1n) is 8.97. The maximum Gasteiger partial charge on any atom is 0.407 e. The van der Waals surface area contributed by atoms with Crippen LogP contribution >= 0.6 is 0 Å². The summed E-state index contributed by atoms with van der Waals surface area (Å²) in [4.78, 5) is 29.0. The number of alkyl carbamates (subject to hydrolysis) is 1. The van der Waals surface area contributed by atoms with Crippen molar-refractivity contribution < 1.29 is 19.1 Å². The Hall–Kier alpha value is -2.80. The van der Waals surface area contributed by atoms with E-state index >= 15 is 0 Å². The van der Waals surface area contributed by atoms with Gasteiger partial charge in [-0.05, 0) is 50.2 Å². The van der Waals surface area contributed by atoms with E-state index in [1.807, 2.05) is 26.2 Å². The monoisotopic (exact) mass is 371 g/mol. The fraction of sp³-hybridized carbons (Fsp3) is 0.400. The molecule has 1 atom stereocenters. The highest BCUT2D eigenvalue weighted by atomic mass is 16.6. The minimum atomic E-state index is -0.377. The number of hydrogen-bond donors (Lipinski definition) is 2. The summed E-state index contributed by atoms with van der Waals surface area (Å²) in [7, 11) is 4.00. The normalized spacial score (nSPS) is 16.4. The quantitative estimate of drug-likeness (QED) is 0.549. The molecule has 1 saturated heterocycles. The molecule has 144 valence electrons. The van der Waals surface area contributed by atoms with Gasteiger partial charge in [-0.15, -0.1) is 0 Å². The van der Waals surface area contributed by atoms with E-state index < -0.39 is 0 Å². The molecule has 1 aliphatic rings. The van der Waals surface area contributed by atoms with Crippen LogP contribution in [0.4, 0.5) is 4.79 Å². The van der Waals surface area contributed by atoms with Gasteiger partial charge in [0, 0.05) is 17.4 Å². The fourth-order valence-electron chi connectivity index (χ4n) is 3.22. The van der Waals surface area contributed by atoms with Crippen molar-refractivity contribution in [2.75, 3.05) is 33.9 Å². The van der Waals surface area contributed by atoms with Crippen molar-refractivity contribution in [2.45, 2.75) is 18.9 Å². The molecule has 2 heterocycles. The molecule has 1 aromatic heterocycles. The predicted octanol–water partition coefficient (Wildman–Crippen LogP) is 2.27. The Labute approximate surface area is 158 Å². The number of cyclic esters (lactones) is 1. The molecular formula is C20H25N3O4. The molecule has 27 heavy (non-hydrogen) atoms. The van der Waals surface area contributed by atoms with Crippen LogP contribution in [0.15, 0.2) is 30.9 Å². The summed E-state index contributed by atoms with van der Waals surface area (Å²) in [6.07, 6.45) is 2.58. The number of esters is 1. The van der Waals surface area contributed by atoms with Gasteiger partial charge in [0.2, 0.25) is 0 Å². The van der Waals surface area contributed by atoms with Gasteiger partial charge >= 0.3 is 12.1 Å². The standard InChI is InChI=1S/C20H25N3O4/c1-4-9-26-19(24)18-15(7-8-23(2)3)16-11-13(5-6-17(16)22-18)10-14-12-27-20(25)21-14/h4-6,11,14,22H,1,7-10,12H2,2-3H3,(H,21,25)/t14-/m0/s1. The molecule has 0 aliphatic carbocycles. The maximum absolute atomic E-state index is 12.5. The summed E-state index contributed by atoms with van der Waals surface area (Å²) < 4.78 is 10.2. The second kappa shape index (κ2) is 8.26. The SMILES string of the molecule is C=CCOC(=O)c1[nH]c2ccc(C[C@H]3COC(=O)N3)cc2c1CCN(C)C. The molecule has 1 aliphatic heterocycles. The van der Waals surface area contributed by atoms with Crippen LogP contribution in [0, 0.1) is 0 Å². The summed E-state index contributed by atoms with van der Waals surface area (Å²) in [6.45, 7) is 4.94. The van der Waals surface area contributed by atoms with E-state index in [1.165, 1.54) is 0 Å². The largest absolute Gasteiger partial charge is 0.457 e. The summed E-state index contributed by atoms with van der Waals surface area (Å²) in [5.41, 5.74) is 3.41. The fourth-order valence-corrected chi connectivity index (χ4v) is 3.22. The van der Waals surface area contributed by atoms with E-state index in [-0.39, 0.29) is 24.7 Å². The number of ether oxygens (including phenoxy) is 2. The van der Waals surface area contributed by atoms with Crippen LogP contribution in [0.5, 0.6) is 0 Å². The van der Waals surface area contributed by atoms with Crippen LogP contribution in [0.3, 0.4) is 0 Å². The zero-order valence-electron chi connectivity index (χ0n) is 15.7. The van der Waals surface area contributed by atoms with Crippen LogP contribution in [-0.2, 0) is 22.3 Å². The molecule has 0 bridgehead atoms. The van der Waals surface area contributed by atoms with Gasteiger partial charge in [0.25, 0.3) is 0 Å². The molecular weight excluding hydrogens is 346 g/mol. The van der Waals surface area contributed by atoms with Gasteiger partial charge in [0.15, 0.2) is 0 Å². The number of carbonyl (C=O) groups excluding carboxylic acids is 2. The topological polar surface area (TPSA) is 83.7 Å². The number of rotatable bonds is 8. The van der Waals surface area contributed by atoms with Crippen LogP contribution in [0.25, 0.3) is 10.9 Å². The van der Waals surface area contributed by atoms with Crippen LogP contribution in [-0.4, -0.2) is 61.8 Å². The summed E-state index contributed by atoms with van der Waals surface area (Å²) in [6, 6.07) is 6.01. The highest BCUT2D eigenvalue weighted by molar-refractivity contribution is 5.98. The van der Waals surface area contributed by atoms with Crippen molar-refractivity contribution in [1.82, 2.24) is 15.2 Å². The van der Waals surface area contributed by atoms with Gasteiger partial charge in [0.05, 0.1) is 6.04 Å². The minimum Gasteiger partial charge on any atom is -0.457 e. The predicted molar refractivity (Wildman–Crippen MR) is 103 cm³/mol. The van der Waals surface area contributed by atoms with E-state index in [4.69, 9.17) is 9.47 Å². The molecule has 0 unspecified atom stereocenters. The second-order valence-electron chi connectivity index (χ2n) is 6.94. The molecule has 7 heteroatoms. The lowest BCUT2D eigenvalue weighted by Gasteiger charge is -2.11. The molecule has 0 spiro atoms. The molecule has 1 fully saturated rings. The third-order valence-corrected chi connectivity index (χ3v) is 4.54. The van der Waals surface area contributed by atoms with E-state index in [0.717, 1.165) is 35.0 Å². The number of aromatic nitrogens is 1. The Bertz CT molecular complexity index is 856. The van der Waals surface area contributed by atoms with Gasteiger partial charge in [-0.3, -0.25) is 0 Å². The number of benzene rings is 1. The molecule has 0 radical (unpaired) electrons. The molecule has 2 N–H and O–H groups in total. The van der Waals surface area contributed by atoms with Crippen molar-refractivity contribution in [3.63, 3.8) is 0 Å². The lowest BCUT2D eigenvalue weighted by atomic mass is 10.0. The third-order valence-electron chi connectivity index (χ3n) is 4.54. The molecule has 0 saturated carbocycles. The first kappa shape index (κ1) is 19.0. The van der Waals surface area contributed by atoms with Crippen LogP contribution in [0.1, 0.15) is 21.6 Å². The number of hydrogen-bond acceptors (Lipinski definition) is 5. The average Bonchev–Trinajstić information content (AvgIpc) is 3.20. The van der Waals surface area contributed by atoms with Crippen LogP contribution < -0.4 is 5.32 Å². The summed E-state index contributed by atoms with van der Waals surface area (Å²) in [5.74, 6) is -0.377. The maximum atomic E-state index is 12.5. The molecule has 7 nitrogen and oxygen atoms in total. The first-order chi connectivity index (χ1) is 13.0. The highest BCUT2D eigenvalue weighted by Gasteiger charge is 2.23. The Balaban J connectivity index is 1.92. The lowest BCUT2D eigenvalue weighted by molar-refractivity contribution is 0.0542. The van der Waals surface area contributed by atoms with Crippen molar-refractivity contribution in [3.8, 4) is 0 Å². The Morgan fingerprint density at radius 3 is 2.93 bits per heavy atom. The smallest absolute Gasteiger partial charge is 0.407 e. The molecule has 2 aromatic rings. The third kappa shape index (κ3) is 4.49. The number of carbonyl (C=O) groups is 2. The van der Waals surface area contributed by atoms with Crippen molar-refractivity contribution in [3.05, 3.63) is 47.7 Å². The Kier molecular flexibility index (Phi) is 5.81. The number of aromatic amines is 1. The lowest BCUT2D eigenvalue weighted by Crippen LogP contribution is -2.28. The average molecular weight is 371 g/mol. The number of nitrogens with zero attached hydrogens (tertiary/aromatic N) is 1. The number of likely N-dealkylation sites (N-methyl/N-ethyl adjacent to an activating group) is 1. The Morgan fingerprint density at radius 1 is 1.44 bits per heavy atom. The number of H-pyrrole nitrogens is 1. The van der Waals surface area contributed by atoms with Gasteiger partial charge in [-0.1, -0.05) is 18.7 Å². The van der Waals surface area contributed by atoms with Crippen molar-refractivity contribution in [1.29, 1.82) is 0 Å². The van der Waals surface area contributed by atoms with Gasteiger partial charge in [-0.2, -0.15) is 0 Å². The number of nitrogens with one attached hydrogen (secondary N) is 2. The molecule has 1 amide bonds. The summed E-state index contributed by atoms with van der Waals surface area (Å²) in [5, 5.41) is 3.80. The number of amides is 1. The van der Waals surface area contributed by atoms with E-state index in [0.29, 0.717) is 18.7 Å².